The van der Waals surface area contributed by atoms with Crippen molar-refractivity contribution < 1.29 is 4.79 Å². The Hall–Kier alpha value is -3.29. The van der Waals surface area contributed by atoms with Crippen LogP contribution in [0.15, 0.2) is 41.6 Å². The molecule has 26 heavy (non-hydrogen) atoms. The molecule has 0 unspecified atom stereocenters. The summed E-state index contributed by atoms with van der Waals surface area (Å²) in [4.78, 5) is 34.5. The monoisotopic (exact) mass is 350 g/mol. The number of fused-ring (bicyclic) bond motifs is 1. The number of aromatic nitrogens is 5. The SMILES string of the molecule is Cn1cc2c(cc1=O)CCN(C(=O)Cc1nc(-c3ccncc3)n[nH]1)C2. The molecule has 132 valence electrons. The Morgan fingerprint density at radius 3 is 2.88 bits per heavy atom. The van der Waals surface area contributed by atoms with E-state index in [1.807, 2.05) is 18.3 Å². The zero-order valence-corrected chi connectivity index (χ0v) is 14.3. The number of rotatable bonds is 3. The third-order valence-electron chi connectivity index (χ3n) is 4.56. The summed E-state index contributed by atoms with van der Waals surface area (Å²) in [5, 5.41) is 7.00. The fourth-order valence-corrected chi connectivity index (χ4v) is 3.11. The molecular formula is C18H18N6O2. The third kappa shape index (κ3) is 3.13. The highest BCUT2D eigenvalue weighted by Crippen LogP contribution is 2.18. The van der Waals surface area contributed by atoms with Gasteiger partial charge >= 0.3 is 0 Å². The van der Waals surface area contributed by atoms with E-state index in [1.165, 1.54) is 0 Å². The van der Waals surface area contributed by atoms with Crippen molar-refractivity contribution in [1.29, 1.82) is 0 Å². The van der Waals surface area contributed by atoms with Crippen molar-refractivity contribution >= 4 is 5.91 Å². The van der Waals surface area contributed by atoms with Gasteiger partial charge in [0.05, 0.1) is 6.42 Å². The molecule has 0 spiro atoms. The third-order valence-corrected chi connectivity index (χ3v) is 4.56. The minimum Gasteiger partial charge on any atom is -0.338 e. The molecule has 0 atom stereocenters. The lowest BCUT2D eigenvalue weighted by molar-refractivity contribution is -0.131. The van der Waals surface area contributed by atoms with Crippen LogP contribution in [-0.2, 0) is 31.2 Å². The summed E-state index contributed by atoms with van der Waals surface area (Å²) in [6.07, 6.45) is 6.02. The maximum Gasteiger partial charge on any atom is 0.250 e. The molecule has 1 N–H and O–H groups in total. The molecule has 0 saturated carbocycles. The van der Waals surface area contributed by atoms with Crippen LogP contribution in [-0.4, -0.2) is 42.1 Å². The van der Waals surface area contributed by atoms with Crippen molar-refractivity contribution in [3.05, 3.63) is 64.1 Å². The zero-order chi connectivity index (χ0) is 18.1. The Labute approximate surface area is 149 Å². The first-order valence-corrected chi connectivity index (χ1v) is 8.38. The van der Waals surface area contributed by atoms with E-state index < -0.39 is 0 Å². The highest BCUT2D eigenvalue weighted by Gasteiger charge is 2.22. The molecular weight excluding hydrogens is 332 g/mol. The molecule has 0 aromatic carbocycles. The van der Waals surface area contributed by atoms with E-state index in [0.29, 0.717) is 31.2 Å². The quantitative estimate of drug-likeness (QED) is 0.750. The fourth-order valence-electron chi connectivity index (χ4n) is 3.11. The highest BCUT2D eigenvalue weighted by atomic mass is 16.2. The van der Waals surface area contributed by atoms with Crippen LogP contribution < -0.4 is 5.56 Å². The summed E-state index contributed by atoms with van der Waals surface area (Å²) in [5.74, 6) is 1.07. The lowest BCUT2D eigenvalue weighted by Gasteiger charge is -2.28. The molecule has 1 aliphatic heterocycles. The van der Waals surface area contributed by atoms with E-state index in [9.17, 15) is 9.59 Å². The van der Waals surface area contributed by atoms with Crippen LogP contribution in [0.2, 0.25) is 0 Å². The minimum absolute atomic E-state index is 0.0121. The Morgan fingerprint density at radius 2 is 2.08 bits per heavy atom. The van der Waals surface area contributed by atoms with Crippen LogP contribution in [0, 0.1) is 0 Å². The van der Waals surface area contributed by atoms with Crippen LogP contribution in [0.4, 0.5) is 0 Å². The Morgan fingerprint density at radius 1 is 1.27 bits per heavy atom. The lowest BCUT2D eigenvalue weighted by atomic mass is 10.0. The van der Waals surface area contributed by atoms with E-state index in [2.05, 4.69) is 20.2 Å². The predicted octanol–water partition coefficient (Wildman–Crippen LogP) is 0.693. The number of hydrogen-bond donors (Lipinski definition) is 1. The molecule has 8 nitrogen and oxygen atoms in total. The van der Waals surface area contributed by atoms with Gasteiger partial charge in [0.2, 0.25) is 5.91 Å². The molecule has 0 fully saturated rings. The number of aryl methyl sites for hydroxylation is 1. The Balaban J connectivity index is 1.47. The second kappa shape index (κ2) is 6.55. The van der Waals surface area contributed by atoms with Crippen molar-refractivity contribution in [3.8, 4) is 11.4 Å². The van der Waals surface area contributed by atoms with Crippen molar-refractivity contribution in [2.75, 3.05) is 6.54 Å². The van der Waals surface area contributed by atoms with Crippen LogP contribution in [0.3, 0.4) is 0 Å². The number of carbonyl (C=O) groups excluding carboxylic acids is 1. The highest BCUT2D eigenvalue weighted by molar-refractivity contribution is 5.78. The number of aromatic amines is 1. The first-order chi connectivity index (χ1) is 12.6. The molecule has 0 radical (unpaired) electrons. The molecule has 4 rings (SSSR count). The number of nitrogens with one attached hydrogen (secondary N) is 1. The molecule has 1 aliphatic rings. The van der Waals surface area contributed by atoms with Gasteiger partial charge in [0.15, 0.2) is 5.82 Å². The van der Waals surface area contributed by atoms with Crippen molar-refractivity contribution in [1.82, 2.24) is 29.6 Å². The van der Waals surface area contributed by atoms with Gasteiger partial charge < -0.3 is 9.47 Å². The van der Waals surface area contributed by atoms with Gasteiger partial charge in [-0.2, -0.15) is 5.10 Å². The van der Waals surface area contributed by atoms with Gasteiger partial charge in [-0.1, -0.05) is 0 Å². The average Bonchev–Trinajstić information content (AvgIpc) is 3.11. The van der Waals surface area contributed by atoms with Crippen molar-refractivity contribution in [2.45, 2.75) is 19.4 Å². The van der Waals surface area contributed by atoms with Gasteiger partial charge in [-0.3, -0.25) is 19.7 Å². The fraction of sp³-hybridized carbons (Fsp3) is 0.278. The van der Waals surface area contributed by atoms with E-state index in [1.54, 1.807) is 35.0 Å². The van der Waals surface area contributed by atoms with Crippen LogP contribution in [0.5, 0.6) is 0 Å². The van der Waals surface area contributed by atoms with Gasteiger partial charge in [0.25, 0.3) is 5.56 Å². The Kier molecular flexibility index (Phi) is 4.08. The predicted molar refractivity (Wildman–Crippen MR) is 94.1 cm³/mol. The molecule has 8 heteroatoms. The average molecular weight is 350 g/mol. The second-order valence-corrected chi connectivity index (χ2v) is 6.36. The molecule has 1 amide bonds. The number of nitrogens with zero attached hydrogens (tertiary/aromatic N) is 5. The topological polar surface area (TPSA) is 96.8 Å². The summed E-state index contributed by atoms with van der Waals surface area (Å²) < 4.78 is 1.55. The normalized spacial score (nSPS) is 13.5. The standard InChI is InChI=1S/C18H18N6O2/c1-23-10-14-11-24(7-4-13(14)8-16(23)25)17(26)9-15-20-18(22-21-15)12-2-5-19-6-3-12/h2-3,5-6,8,10H,4,7,9,11H2,1H3,(H,20,21,22). The van der Waals surface area contributed by atoms with E-state index in [4.69, 9.17) is 0 Å². The number of carbonyl (C=O) groups is 1. The smallest absolute Gasteiger partial charge is 0.250 e. The maximum absolute atomic E-state index is 12.6. The molecule has 4 heterocycles. The van der Waals surface area contributed by atoms with E-state index >= 15 is 0 Å². The van der Waals surface area contributed by atoms with Crippen LogP contribution in [0.1, 0.15) is 17.0 Å². The largest absolute Gasteiger partial charge is 0.338 e. The summed E-state index contributed by atoms with van der Waals surface area (Å²) in [7, 11) is 1.72. The number of amides is 1. The Bertz CT molecular complexity index is 1010. The lowest BCUT2D eigenvalue weighted by Crippen LogP contribution is -2.38. The van der Waals surface area contributed by atoms with Gasteiger partial charge in [0.1, 0.15) is 5.82 Å². The van der Waals surface area contributed by atoms with Crippen molar-refractivity contribution in [2.24, 2.45) is 7.05 Å². The maximum atomic E-state index is 12.6. The summed E-state index contributed by atoms with van der Waals surface area (Å²) in [6, 6.07) is 5.30. The van der Waals surface area contributed by atoms with Gasteiger partial charge in [-0.25, -0.2) is 4.98 Å². The first-order valence-electron chi connectivity index (χ1n) is 8.38. The van der Waals surface area contributed by atoms with E-state index in [-0.39, 0.29) is 17.9 Å². The first kappa shape index (κ1) is 16.2. The summed E-state index contributed by atoms with van der Waals surface area (Å²) >= 11 is 0. The number of hydrogen-bond acceptors (Lipinski definition) is 5. The number of pyridine rings is 2. The van der Waals surface area contributed by atoms with Crippen LogP contribution in [0.25, 0.3) is 11.4 Å². The van der Waals surface area contributed by atoms with E-state index in [0.717, 1.165) is 16.7 Å². The summed E-state index contributed by atoms with van der Waals surface area (Å²) in [5.41, 5.74) is 2.87. The molecule has 3 aromatic heterocycles. The molecule has 0 aliphatic carbocycles. The second-order valence-electron chi connectivity index (χ2n) is 6.36. The summed E-state index contributed by atoms with van der Waals surface area (Å²) in [6.45, 7) is 1.11. The molecule has 0 bridgehead atoms. The minimum atomic E-state index is -0.0196. The van der Waals surface area contributed by atoms with Gasteiger partial charge in [0, 0.05) is 50.4 Å². The van der Waals surface area contributed by atoms with Gasteiger partial charge in [-0.05, 0) is 29.7 Å². The van der Waals surface area contributed by atoms with Crippen LogP contribution >= 0.6 is 0 Å². The zero-order valence-electron chi connectivity index (χ0n) is 14.3. The van der Waals surface area contributed by atoms with Crippen molar-refractivity contribution in [3.63, 3.8) is 0 Å². The van der Waals surface area contributed by atoms with Gasteiger partial charge in [-0.15, -0.1) is 0 Å². The number of H-pyrrole nitrogens is 1. The molecule has 3 aromatic rings. The molecule has 0 saturated heterocycles.